The number of rotatable bonds is 3. The van der Waals surface area contributed by atoms with Crippen LogP contribution in [0, 0.1) is 0 Å². The first-order chi connectivity index (χ1) is 13.4. The molecule has 0 bridgehead atoms. The lowest BCUT2D eigenvalue weighted by Gasteiger charge is -2.03. The van der Waals surface area contributed by atoms with Crippen LogP contribution in [0.25, 0.3) is 27.7 Å². The van der Waals surface area contributed by atoms with Crippen molar-refractivity contribution in [3.8, 4) is 11.3 Å². The number of aliphatic imine (C=N–C) groups is 1. The van der Waals surface area contributed by atoms with Crippen molar-refractivity contribution < 1.29 is 0 Å². The number of fused-ring (bicyclic) bond motifs is 2. The van der Waals surface area contributed by atoms with Gasteiger partial charge in [-0.15, -0.1) is 0 Å². The molecule has 0 unspecified atom stereocenters. The monoisotopic (exact) mass is 347 g/mol. The zero-order valence-corrected chi connectivity index (χ0v) is 14.7. The minimum absolute atomic E-state index is 0.838. The summed E-state index contributed by atoms with van der Waals surface area (Å²) in [5, 5.41) is 2.42. The highest BCUT2D eigenvalue weighted by molar-refractivity contribution is 5.90. The minimum Gasteiger partial charge on any atom is -0.284 e. The Hall–Kier alpha value is -3.72. The second kappa shape index (κ2) is 6.54. The molecular weight excluding hydrogens is 330 g/mol. The molecule has 5 aromatic rings. The van der Waals surface area contributed by atoms with Gasteiger partial charge in [0.05, 0.1) is 0 Å². The number of hydrogen-bond acceptors (Lipinski definition) is 2. The van der Waals surface area contributed by atoms with Gasteiger partial charge in [-0.2, -0.15) is 0 Å². The first kappa shape index (κ1) is 15.5. The van der Waals surface area contributed by atoms with E-state index in [9.17, 15) is 0 Å². The van der Waals surface area contributed by atoms with E-state index >= 15 is 0 Å². The molecule has 2 aromatic heterocycles. The maximum absolute atomic E-state index is 4.85. The molecule has 0 amide bonds. The van der Waals surface area contributed by atoms with Crippen LogP contribution in [0.4, 0.5) is 5.82 Å². The highest BCUT2D eigenvalue weighted by atomic mass is 15.1. The Balaban J connectivity index is 1.70. The van der Waals surface area contributed by atoms with E-state index in [2.05, 4.69) is 42.5 Å². The van der Waals surface area contributed by atoms with E-state index < -0.39 is 0 Å². The molecule has 0 spiro atoms. The molecule has 0 aliphatic rings. The number of imidazole rings is 1. The average Bonchev–Trinajstić information content (AvgIpc) is 3.11. The Bertz CT molecular complexity index is 1270. The summed E-state index contributed by atoms with van der Waals surface area (Å²) in [6.07, 6.45) is 3.89. The van der Waals surface area contributed by atoms with E-state index in [1.54, 1.807) is 0 Å². The summed E-state index contributed by atoms with van der Waals surface area (Å²) in [5.41, 5.74) is 3.91. The van der Waals surface area contributed by atoms with E-state index in [1.165, 1.54) is 10.8 Å². The van der Waals surface area contributed by atoms with Gasteiger partial charge in [0.1, 0.15) is 11.3 Å². The largest absolute Gasteiger partial charge is 0.284 e. The van der Waals surface area contributed by atoms with Crippen LogP contribution in [-0.2, 0) is 0 Å². The summed E-state index contributed by atoms with van der Waals surface area (Å²) >= 11 is 0. The van der Waals surface area contributed by atoms with Crippen molar-refractivity contribution in [2.45, 2.75) is 0 Å². The van der Waals surface area contributed by atoms with Crippen LogP contribution in [-0.4, -0.2) is 15.6 Å². The van der Waals surface area contributed by atoms with Crippen molar-refractivity contribution >= 4 is 28.5 Å². The van der Waals surface area contributed by atoms with Gasteiger partial charge in [0.25, 0.3) is 0 Å². The second-order valence-electron chi connectivity index (χ2n) is 6.44. The predicted octanol–water partition coefficient (Wildman–Crippen LogP) is 5.91. The SMILES string of the molecule is C(=N\c1c(-c2ccc3ccccc3c2)nc2ccccn12)/c1ccccc1. The number of benzene rings is 3. The first-order valence-corrected chi connectivity index (χ1v) is 8.94. The van der Waals surface area contributed by atoms with Gasteiger partial charge >= 0.3 is 0 Å². The maximum Gasteiger partial charge on any atom is 0.165 e. The minimum atomic E-state index is 0.838. The number of pyridine rings is 1. The summed E-state index contributed by atoms with van der Waals surface area (Å²) in [6, 6.07) is 30.9. The molecule has 0 radical (unpaired) electrons. The Morgan fingerprint density at radius 2 is 1.52 bits per heavy atom. The van der Waals surface area contributed by atoms with Gasteiger partial charge in [0, 0.05) is 18.0 Å². The maximum atomic E-state index is 4.85. The molecule has 3 heteroatoms. The highest BCUT2D eigenvalue weighted by Gasteiger charge is 2.13. The van der Waals surface area contributed by atoms with Crippen molar-refractivity contribution in [3.63, 3.8) is 0 Å². The van der Waals surface area contributed by atoms with Gasteiger partial charge in [-0.1, -0.05) is 72.8 Å². The molecule has 0 saturated heterocycles. The van der Waals surface area contributed by atoms with Crippen LogP contribution in [0.1, 0.15) is 5.56 Å². The first-order valence-electron chi connectivity index (χ1n) is 8.94. The molecule has 5 rings (SSSR count). The Labute approximate surface area is 157 Å². The third-order valence-electron chi connectivity index (χ3n) is 4.66. The van der Waals surface area contributed by atoms with E-state index in [4.69, 9.17) is 9.98 Å². The molecule has 0 atom stereocenters. The zero-order valence-electron chi connectivity index (χ0n) is 14.7. The van der Waals surface area contributed by atoms with Gasteiger partial charge in [-0.05, 0) is 34.5 Å². The van der Waals surface area contributed by atoms with Gasteiger partial charge in [0.15, 0.2) is 5.82 Å². The lowest BCUT2D eigenvalue weighted by Crippen LogP contribution is -1.85. The molecule has 0 N–H and O–H groups in total. The third-order valence-corrected chi connectivity index (χ3v) is 4.66. The van der Waals surface area contributed by atoms with E-state index in [1.807, 2.05) is 65.3 Å². The topological polar surface area (TPSA) is 29.7 Å². The fraction of sp³-hybridized carbons (Fsp3) is 0. The molecule has 0 saturated carbocycles. The average molecular weight is 347 g/mol. The van der Waals surface area contributed by atoms with Gasteiger partial charge in [-0.3, -0.25) is 4.40 Å². The molecule has 3 nitrogen and oxygen atoms in total. The summed E-state index contributed by atoms with van der Waals surface area (Å²) in [4.78, 5) is 9.65. The van der Waals surface area contributed by atoms with Crippen LogP contribution in [0.5, 0.6) is 0 Å². The van der Waals surface area contributed by atoms with E-state index in [-0.39, 0.29) is 0 Å². The van der Waals surface area contributed by atoms with Gasteiger partial charge in [-0.25, -0.2) is 9.98 Å². The number of aromatic nitrogens is 2. The Morgan fingerprint density at radius 1 is 0.741 bits per heavy atom. The van der Waals surface area contributed by atoms with Crippen LogP contribution in [0.3, 0.4) is 0 Å². The summed E-state index contributed by atoms with van der Waals surface area (Å²) in [6.45, 7) is 0. The van der Waals surface area contributed by atoms with Gasteiger partial charge < -0.3 is 0 Å². The fourth-order valence-electron chi connectivity index (χ4n) is 3.31. The van der Waals surface area contributed by atoms with Crippen LogP contribution in [0.15, 0.2) is 102 Å². The molecule has 2 heterocycles. The second-order valence-corrected chi connectivity index (χ2v) is 6.44. The van der Waals surface area contributed by atoms with Crippen molar-refractivity contribution in [2.24, 2.45) is 4.99 Å². The normalized spacial score (nSPS) is 11.6. The lowest BCUT2D eigenvalue weighted by atomic mass is 10.1. The summed E-state index contributed by atoms with van der Waals surface area (Å²) in [5.74, 6) is 0.838. The molecule has 0 aliphatic carbocycles. The zero-order chi connectivity index (χ0) is 18.1. The van der Waals surface area contributed by atoms with Crippen molar-refractivity contribution in [1.82, 2.24) is 9.38 Å². The quantitative estimate of drug-likeness (QED) is 0.373. The third kappa shape index (κ3) is 2.89. The summed E-state index contributed by atoms with van der Waals surface area (Å²) < 4.78 is 2.03. The molecule has 128 valence electrons. The molecule has 27 heavy (non-hydrogen) atoms. The van der Waals surface area contributed by atoms with E-state index in [0.29, 0.717) is 0 Å². The van der Waals surface area contributed by atoms with Crippen LogP contribution in [0.2, 0.25) is 0 Å². The smallest absolute Gasteiger partial charge is 0.165 e. The molecule has 0 aliphatic heterocycles. The summed E-state index contributed by atoms with van der Waals surface area (Å²) in [7, 11) is 0. The van der Waals surface area contributed by atoms with Crippen LogP contribution >= 0.6 is 0 Å². The van der Waals surface area contributed by atoms with Crippen LogP contribution < -0.4 is 0 Å². The van der Waals surface area contributed by atoms with Crippen molar-refractivity contribution in [2.75, 3.05) is 0 Å². The Kier molecular flexibility index (Phi) is 3.76. The van der Waals surface area contributed by atoms with E-state index in [0.717, 1.165) is 28.3 Å². The Morgan fingerprint density at radius 3 is 2.41 bits per heavy atom. The predicted molar refractivity (Wildman–Crippen MR) is 112 cm³/mol. The fourth-order valence-corrected chi connectivity index (χ4v) is 3.31. The van der Waals surface area contributed by atoms with Gasteiger partial charge in [0.2, 0.25) is 0 Å². The molecule has 0 fully saturated rings. The highest BCUT2D eigenvalue weighted by Crippen LogP contribution is 2.32. The number of hydrogen-bond donors (Lipinski definition) is 0. The lowest BCUT2D eigenvalue weighted by molar-refractivity contribution is 1.17. The number of nitrogens with zero attached hydrogens (tertiary/aromatic N) is 3. The molecule has 3 aromatic carbocycles. The standard InChI is InChI=1S/C24H17N3/c1-2-8-18(9-3-1)17-25-24-23(26-22-12-6-7-15-27(22)24)21-14-13-19-10-4-5-11-20(19)16-21/h1-17H/b25-17+. The van der Waals surface area contributed by atoms with Crippen molar-refractivity contribution in [1.29, 1.82) is 0 Å². The van der Waals surface area contributed by atoms with Crippen molar-refractivity contribution in [3.05, 3.63) is 103 Å². The molecular formula is C24H17N3.